The zero-order valence-electron chi connectivity index (χ0n) is 24.5. The Hall–Kier alpha value is -4.14. The fourth-order valence-electron chi connectivity index (χ4n) is 5.76. The van der Waals surface area contributed by atoms with E-state index in [9.17, 15) is 17.6 Å². The molecule has 240 valence electrons. The molecule has 0 bridgehead atoms. The molecule has 2 fully saturated rings. The van der Waals surface area contributed by atoms with E-state index in [2.05, 4.69) is 20.0 Å². The van der Waals surface area contributed by atoms with Crippen LogP contribution in [0.3, 0.4) is 0 Å². The van der Waals surface area contributed by atoms with Gasteiger partial charge in [0, 0.05) is 46.6 Å². The maximum absolute atomic E-state index is 14.2. The van der Waals surface area contributed by atoms with E-state index in [1.54, 1.807) is 24.3 Å². The van der Waals surface area contributed by atoms with Crippen LogP contribution in [0.5, 0.6) is 5.88 Å². The number of aromatic amines is 1. The summed E-state index contributed by atoms with van der Waals surface area (Å²) < 4.78 is 66.9. The van der Waals surface area contributed by atoms with Crippen LogP contribution < -0.4 is 4.74 Å². The second kappa shape index (κ2) is 12.6. The van der Waals surface area contributed by atoms with Gasteiger partial charge in [-0.25, -0.2) is 24.3 Å². The number of alkyl halides is 3. The van der Waals surface area contributed by atoms with Crippen LogP contribution in [0.15, 0.2) is 48.7 Å². The SMILES string of the molecule is Fc1cc(Cl)ccc1COc1cccc(C2CCN(Cc3nc4cc(-c5n[nH]c(C(F)(F)F)n5)cnc4n3C[C@@H]3CCO3)CC2)n1. The smallest absolute Gasteiger partial charge is 0.451 e. The summed E-state index contributed by atoms with van der Waals surface area (Å²) in [5, 5.41) is 6.01. The number of imidazole rings is 1. The van der Waals surface area contributed by atoms with Crippen LogP contribution in [0.1, 0.15) is 48.1 Å². The normalized spacial score (nSPS) is 17.8. The second-order valence-electron chi connectivity index (χ2n) is 11.5. The minimum Gasteiger partial charge on any atom is -0.473 e. The van der Waals surface area contributed by atoms with Crippen LogP contribution in [0.4, 0.5) is 17.6 Å². The van der Waals surface area contributed by atoms with Crippen LogP contribution in [-0.4, -0.2) is 65.4 Å². The fraction of sp³-hybridized carbons (Fsp3) is 0.387. The summed E-state index contributed by atoms with van der Waals surface area (Å²) in [5.74, 6) is -0.198. The minimum atomic E-state index is -4.63. The fourth-order valence-corrected chi connectivity index (χ4v) is 5.92. The van der Waals surface area contributed by atoms with Crippen molar-refractivity contribution in [2.24, 2.45) is 0 Å². The number of benzene rings is 1. The zero-order valence-corrected chi connectivity index (χ0v) is 25.2. The lowest BCUT2D eigenvalue weighted by atomic mass is 9.93. The first-order valence-electron chi connectivity index (χ1n) is 14.9. The van der Waals surface area contributed by atoms with Crippen molar-refractivity contribution in [3.05, 3.63) is 82.4 Å². The number of likely N-dealkylation sites (tertiary alicyclic amines) is 1. The van der Waals surface area contributed by atoms with E-state index < -0.39 is 17.8 Å². The van der Waals surface area contributed by atoms with E-state index in [0.717, 1.165) is 43.9 Å². The highest BCUT2D eigenvalue weighted by atomic mass is 35.5. The summed E-state index contributed by atoms with van der Waals surface area (Å²) in [6, 6.07) is 11.8. The van der Waals surface area contributed by atoms with Gasteiger partial charge in [-0.1, -0.05) is 23.7 Å². The number of nitrogens with zero attached hydrogens (tertiary/aromatic N) is 7. The molecule has 6 heterocycles. The number of hydrogen-bond acceptors (Lipinski definition) is 8. The maximum atomic E-state index is 14.2. The summed E-state index contributed by atoms with van der Waals surface area (Å²) >= 11 is 5.85. The van der Waals surface area contributed by atoms with E-state index in [0.29, 0.717) is 52.9 Å². The van der Waals surface area contributed by atoms with Gasteiger partial charge < -0.3 is 14.0 Å². The first kappa shape index (κ1) is 30.5. The predicted molar refractivity (Wildman–Crippen MR) is 159 cm³/mol. The van der Waals surface area contributed by atoms with Crippen molar-refractivity contribution >= 4 is 22.8 Å². The molecule has 0 unspecified atom stereocenters. The Balaban J connectivity index is 1.03. The van der Waals surface area contributed by atoms with Crippen LogP contribution in [-0.2, 0) is 30.6 Å². The number of halogens is 5. The van der Waals surface area contributed by atoms with Crippen molar-refractivity contribution in [1.29, 1.82) is 0 Å². The molecule has 1 N–H and O–H groups in total. The molecule has 0 amide bonds. The third kappa shape index (κ3) is 6.55. The number of aromatic nitrogens is 7. The van der Waals surface area contributed by atoms with Gasteiger partial charge in [-0.3, -0.25) is 10.00 Å². The monoisotopic (exact) mass is 656 g/mol. The van der Waals surface area contributed by atoms with Crippen molar-refractivity contribution in [3.8, 4) is 17.3 Å². The maximum Gasteiger partial charge on any atom is 0.451 e. The van der Waals surface area contributed by atoms with Crippen LogP contribution in [0.25, 0.3) is 22.6 Å². The van der Waals surface area contributed by atoms with E-state index in [-0.39, 0.29) is 24.5 Å². The number of fused-ring (bicyclic) bond motifs is 1. The van der Waals surface area contributed by atoms with Gasteiger partial charge in [0.2, 0.25) is 11.7 Å². The lowest BCUT2D eigenvalue weighted by molar-refractivity contribution is -0.144. The first-order chi connectivity index (χ1) is 22.2. The third-order valence-corrected chi connectivity index (χ3v) is 8.60. The van der Waals surface area contributed by atoms with Gasteiger partial charge in [-0.15, -0.1) is 0 Å². The van der Waals surface area contributed by atoms with Gasteiger partial charge in [0.05, 0.1) is 19.2 Å². The Bertz CT molecular complexity index is 1850. The van der Waals surface area contributed by atoms with Gasteiger partial charge in [-0.2, -0.15) is 18.3 Å². The Morgan fingerprint density at radius 2 is 1.87 bits per heavy atom. The molecule has 0 spiro atoms. The molecule has 0 saturated carbocycles. The number of hydrogen-bond donors (Lipinski definition) is 1. The molecule has 46 heavy (non-hydrogen) atoms. The van der Waals surface area contributed by atoms with E-state index >= 15 is 0 Å². The Kier molecular flexibility index (Phi) is 8.34. The Morgan fingerprint density at radius 3 is 2.59 bits per heavy atom. The van der Waals surface area contributed by atoms with Crippen LogP contribution in [0, 0.1) is 5.82 Å². The lowest BCUT2D eigenvalue weighted by Crippen LogP contribution is -2.35. The molecule has 2 aliphatic rings. The molecule has 0 radical (unpaired) electrons. The number of nitrogens with one attached hydrogen (secondary N) is 1. The van der Waals surface area contributed by atoms with Crippen molar-refractivity contribution < 1.29 is 27.0 Å². The molecular weight excluding hydrogens is 628 g/mol. The summed E-state index contributed by atoms with van der Waals surface area (Å²) in [6.07, 6.45) is -0.407. The standard InChI is InChI=1S/C31H29ClF4N8O2/c32-21-5-4-19(23(33)13-21)17-46-27-3-1-2-24(39-27)18-6-9-43(10-7-18)16-26-38-25-12-20(28-40-30(42-41-28)31(34,35)36)14-37-29(25)44(26)15-22-8-11-45-22/h1-5,12-14,18,22H,6-11,15-17H2,(H,40,41,42)/t22-/m0/s1. The van der Waals surface area contributed by atoms with Gasteiger partial charge in [0.15, 0.2) is 11.5 Å². The first-order valence-corrected chi connectivity index (χ1v) is 15.3. The minimum absolute atomic E-state index is 0.0496. The highest BCUT2D eigenvalue weighted by Gasteiger charge is 2.35. The summed E-state index contributed by atoms with van der Waals surface area (Å²) in [4.78, 5) is 20.0. The molecule has 1 atom stereocenters. The number of ether oxygens (including phenoxy) is 2. The van der Waals surface area contributed by atoms with E-state index in [1.165, 1.54) is 12.3 Å². The second-order valence-corrected chi connectivity index (χ2v) is 11.9. The summed E-state index contributed by atoms with van der Waals surface area (Å²) in [7, 11) is 0. The Labute approximate surface area is 265 Å². The van der Waals surface area contributed by atoms with Gasteiger partial charge in [-0.05, 0) is 56.6 Å². The largest absolute Gasteiger partial charge is 0.473 e. The average Bonchev–Trinajstić information content (AvgIpc) is 3.64. The Morgan fingerprint density at radius 1 is 1.04 bits per heavy atom. The molecule has 15 heteroatoms. The van der Waals surface area contributed by atoms with Crippen LogP contribution >= 0.6 is 11.6 Å². The molecular formula is C31H29ClF4N8O2. The van der Waals surface area contributed by atoms with Gasteiger partial charge >= 0.3 is 6.18 Å². The number of H-pyrrole nitrogens is 1. The van der Waals surface area contributed by atoms with E-state index in [1.807, 2.05) is 21.8 Å². The van der Waals surface area contributed by atoms with E-state index in [4.69, 9.17) is 31.0 Å². The summed E-state index contributed by atoms with van der Waals surface area (Å²) in [5.41, 5.74) is 2.86. The zero-order chi connectivity index (χ0) is 31.8. The lowest BCUT2D eigenvalue weighted by Gasteiger charge is -2.32. The number of piperidine rings is 1. The molecule has 2 saturated heterocycles. The highest BCUT2D eigenvalue weighted by molar-refractivity contribution is 6.30. The molecule has 7 rings (SSSR count). The van der Waals surface area contributed by atoms with Crippen molar-refractivity contribution in [3.63, 3.8) is 0 Å². The number of rotatable bonds is 9. The third-order valence-electron chi connectivity index (χ3n) is 8.36. The van der Waals surface area contributed by atoms with Crippen LogP contribution in [0.2, 0.25) is 5.02 Å². The summed E-state index contributed by atoms with van der Waals surface area (Å²) in [6.45, 7) is 3.55. The van der Waals surface area contributed by atoms with Gasteiger partial charge in [0.1, 0.15) is 23.8 Å². The molecule has 1 aromatic carbocycles. The van der Waals surface area contributed by atoms with Crippen molar-refractivity contribution in [2.45, 2.75) is 57.2 Å². The average molecular weight is 657 g/mol. The molecule has 5 aromatic rings. The molecule has 10 nitrogen and oxygen atoms in total. The highest BCUT2D eigenvalue weighted by Crippen LogP contribution is 2.31. The predicted octanol–water partition coefficient (Wildman–Crippen LogP) is 6.17. The van der Waals surface area contributed by atoms with Gasteiger partial charge in [0.25, 0.3) is 0 Å². The molecule has 4 aromatic heterocycles. The number of pyridine rings is 2. The topological polar surface area (TPSA) is 107 Å². The molecule has 2 aliphatic heterocycles. The quantitative estimate of drug-likeness (QED) is 0.188. The molecule has 0 aliphatic carbocycles. The van der Waals surface area contributed by atoms with Crippen molar-refractivity contribution in [2.75, 3.05) is 19.7 Å². The van der Waals surface area contributed by atoms with Crippen molar-refractivity contribution in [1.82, 2.24) is 39.6 Å².